The van der Waals surface area contributed by atoms with Crippen LogP contribution in [0.3, 0.4) is 0 Å². The summed E-state index contributed by atoms with van der Waals surface area (Å²) >= 11 is 0. The van der Waals surface area contributed by atoms with Crippen LogP contribution in [-0.2, 0) is 16.6 Å². The lowest BCUT2D eigenvalue weighted by Gasteiger charge is -2.12. The van der Waals surface area contributed by atoms with E-state index in [1.165, 1.54) is 6.07 Å². The lowest BCUT2D eigenvalue weighted by atomic mass is 10.1. The standard InChI is InChI=1S/C14H17N3O2S/c1-10-7-13(15)8-14(11(10)2)20(18,19)17-9-12-3-5-16-6-4-12/h3-8,17H,9,15H2,1-2H3. The van der Waals surface area contributed by atoms with Gasteiger partial charge in [0.2, 0.25) is 10.0 Å². The molecule has 20 heavy (non-hydrogen) atoms. The van der Waals surface area contributed by atoms with Gasteiger partial charge in [-0.2, -0.15) is 0 Å². The molecule has 0 saturated heterocycles. The highest BCUT2D eigenvalue weighted by atomic mass is 32.2. The fourth-order valence-electron chi connectivity index (χ4n) is 1.89. The molecule has 0 fully saturated rings. The van der Waals surface area contributed by atoms with Crippen LogP contribution in [0.4, 0.5) is 5.69 Å². The monoisotopic (exact) mass is 291 g/mol. The molecule has 5 nitrogen and oxygen atoms in total. The Bertz CT molecular complexity index is 713. The molecule has 3 N–H and O–H groups in total. The number of nitrogens with two attached hydrogens (primary N) is 1. The average molecular weight is 291 g/mol. The summed E-state index contributed by atoms with van der Waals surface area (Å²) in [5.74, 6) is 0. The second kappa shape index (κ2) is 5.60. The lowest BCUT2D eigenvalue weighted by molar-refractivity contribution is 0.580. The molecule has 0 saturated carbocycles. The van der Waals surface area contributed by atoms with Gasteiger partial charge < -0.3 is 5.73 Å². The van der Waals surface area contributed by atoms with Crippen LogP contribution < -0.4 is 10.5 Å². The first-order valence-electron chi connectivity index (χ1n) is 6.15. The van der Waals surface area contributed by atoms with Gasteiger partial charge >= 0.3 is 0 Å². The number of pyridine rings is 1. The molecule has 0 spiro atoms. The van der Waals surface area contributed by atoms with Gasteiger partial charge in [0.15, 0.2) is 0 Å². The number of hydrogen-bond donors (Lipinski definition) is 2. The third-order valence-electron chi connectivity index (χ3n) is 3.15. The summed E-state index contributed by atoms with van der Waals surface area (Å²) in [4.78, 5) is 4.12. The minimum absolute atomic E-state index is 0.220. The fourth-order valence-corrected chi connectivity index (χ4v) is 3.26. The number of rotatable bonds is 4. The maximum absolute atomic E-state index is 12.3. The lowest BCUT2D eigenvalue weighted by Crippen LogP contribution is -2.24. The quantitative estimate of drug-likeness (QED) is 0.841. The van der Waals surface area contributed by atoms with E-state index in [0.717, 1.165) is 11.1 Å². The van der Waals surface area contributed by atoms with E-state index < -0.39 is 10.0 Å². The second-order valence-corrected chi connectivity index (χ2v) is 6.38. The van der Waals surface area contributed by atoms with Crippen LogP contribution in [-0.4, -0.2) is 13.4 Å². The average Bonchev–Trinajstić information content (AvgIpc) is 2.42. The topological polar surface area (TPSA) is 85.1 Å². The number of aromatic nitrogens is 1. The second-order valence-electron chi connectivity index (χ2n) is 4.64. The molecule has 1 heterocycles. The van der Waals surface area contributed by atoms with Crippen molar-refractivity contribution in [3.8, 4) is 0 Å². The number of hydrogen-bond acceptors (Lipinski definition) is 4. The van der Waals surface area contributed by atoms with Gasteiger partial charge in [0.25, 0.3) is 0 Å². The number of sulfonamides is 1. The Kier molecular flexibility index (Phi) is 4.06. The molecule has 0 aliphatic heterocycles. The van der Waals surface area contributed by atoms with E-state index in [1.54, 1.807) is 37.5 Å². The smallest absolute Gasteiger partial charge is 0.241 e. The molecular weight excluding hydrogens is 274 g/mol. The molecule has 0 radical (unpaired) electrons. The first kappa shape index (κ1) is 14.5. The van der Waals surface area contributed by atoms with Gasteiger partial charge in [-0.3, -0.25) is 4.98 Å². The number of aryl methyl sites for hydroxylation is 1. The van der Waals surface area contributed by atoms with Crippen molar-refractivity contribution in [1.29, 1.82) is 0 Å². The molecule has 2 rings (SSSR count). The Hall–Kier alpha value is -1.92. The van der Waals surface area contributed by atoms with Gasteiger partial charge in [-0.05, 0) is 54.8 Å². The normalized spacial score (nSPS) is 11.5. The maximum Gasteiger partial charge on any atom is 0.241 e. The molecule has 1 aromatic carbocycles. The molecule has 1 aromatic heterocycles. The van der Waals surface area contributed by atoms with E-state index in [9.17, 15) is 8.42 Å². The van der Waals surface area contributed by atoms with E-state index in [1.807, 2.05) is 6.92 Å². The Morgan fingerprint density at radius 2 is 1.85 bits per heavy atom. The third kappa shape index (κ3) is 3.15. The summed E-state index contributed by atoms with van der Waals surface area (Å²) in [5.41, 5.74) is 8.59. The van der Waals surface area contributed by atoms with Crippen LogP contribution in [0.1, 0.15) is 16.7 Å². The van der Waals surface area contributed by atoms with Crippen molar-refractivity contribution in [2.45, 2.75) is 25.3 Å². The van der Waals surface area contributed by atoms with Crippen LogP contribution in [0.25, 0.3) is 0 Å². The van der Waals surface area contributed by atoms with Crippen molar-refractivity contribution in [3.63, 3.8) is 0 Å². The predicted octanol–water partition coefficient (Wildman–Crippen LogP) is 1.76. The molecule has 2 aromatic rings. The van der Waals surface area contributed by atoms with Crippen molar-refractivity contribution < 1.29 is 8.42 Å². The van der Waals surface area contributed by atoms with Crippen LogP contribution in [0.2, 0.25) is 0 Å². The molecule has 6 heteroatoms. The highest BCUT2D eigenvalue weighted by Crippen LogP contribution is 2.22. The highest BCUT2D eigenvalue weighted by Gasteiger charge is 2.18. The Morgan fingerprint density at radius 1 is 1.20 bits per heavy atom. The van der Waals surface area contributed by atoms with E-state index in [0.29, 0.717) is 11.3 Å². The molecule has 0 atom stereocenters. The number of anilines is 1. The largest absolute Gasteiger partial charge is 0.399 e. The van der Waals surface area contributed by atoms with Gasteiger partial charge in [0.1, 0.15) is 0 Å². The molecule has 0 aliphatic rings. The van der Waals surface area contributed by atoms with E-state index in [-0.39, 0.29) is 11.4 Å². The summed E-state index contributed by atoms with van der Waals surface area (Å²) in [5, 5.41) is 0. The van der Waals surface area contributed by atoms with Crippen molar-refractivity contribution in [2.75, 3.05) is 5.73 Å². The number of nitrogen functional groups attached to an aromatic ring is 1. The van der Waals surface area contributed by atoms with Crippen LogP contribution in [0, 0.1) is 13.8 Å². The highest BCUT2D eigenvalue weighted by molar-refractivity contribution is 7.89. The zero-order chi connectivity index (χ0) is 14.8. The van der Waals surface area contributed by atoms with Crippen molar-refractivity contribution >= 4 is 15.7 Å². The van der Waals surface area contributed by atoms with Gasteiger partial charge in [0, 0.05) is 24.6 Å². The molecule has 0 aliphatic carbocycles. The fraction of sp³-hybridized carbons (Fsp3) is 0.214. The first-order valence-corrected chi connectivity index (χ1v) is 7.64. The Balaban J connectivity index is 2.27. The number of nitrogens with zero attached hydrogens (tertiary/aromatic N) is 1. The van der Waals surface area contributed by atoms with E-state index in [4.69, 9.17) is 5.73 Å². The van der Waals surface area contributed by atoms with Crippen molar-refractivity contribution in [1.82, 2.24) is 9.71 Å². The Morgan fingerprint density at radius 3 is 2.50 bits per heavy atom. The number of nitrogens with one attached hydrogen (secondary N) is 1. The summed E-state index contributed by atoms with van der Waals surface area (Å²) < 4.78 is 27.3. The van der Waals surface area contributed by atoms with Crippen molar-refractivity contribution in [3.05, 3.63) is 53.3 Å². The van der Waals surface area contributed by atoms with Crippen LogP contribution in [0.15, 0.2) is 41.6 Å². The summed E-state index contributed by atoms with van der Waals surface area (Å²) in [6, 6.07) is 6.77. The first-order chi connectivity index (χ1) is 9.40. The summed E-state index contributed by atoms with van der Waals surface area (Å²) in [6.45, 7) is 3.83. The Labute approximate surface area is 118 Å². The molecule has 106 valence electrons. The van der Waals surface area contributed by atoms with Crippen LogP contribution >= 0.6 is 0 Å². The molecule has 0 unspecified atom stereocenters. The van der Waals surface area contributed by atoms with E-state index >= 15 is 0 Å². The molecular formula is C14H17N3O2S. The van der Waals surface area contributed by atoms with Crippen LogP contribution in [0.5, 0.6) is 0 Å². The van der Waals surface area contributed by atoms with Gasteiger partial charge in [-0.25, -0.2) is 13.1 Å². The zero-order valence-corrected chi connectivity index (χ0v) is 12.2. The maximum atomic E-state index is 12.3. The number of benzene rings is 1. The van der Waals surface area contributed by atoms with Crippen molar-refractivity contribution in [2.24, 2.45) is 0 Å². The van der Waals surface area contributed by atoms with Gasteiger partial charge in [-0.1, -0.05) is 0 Å². The van der Waals surface area contributed by atoms with Gasteiger partial charge in [-0.15, -0.1) is 0 Å². The van der Waals surface area contributed by atoms with Gasteiger partial charge in [0.05, 0.1) is 4.90 Å². The minimum Gasteiger partial charge on any atom is -0.399 e. The molecule has 0 bridgehead atoms. The SMILES string of the molecule is Cc1cc(N)cc(S(=O)(=O)NCc2ccncc2)c1C. The van der Waals surface area contributed by atoms with E-state index in [2.05, 4.69) is 9.71 Å². The summed E-state index contributed by atoms with van der Waals surface area (Å²) in [6.07, 6.45) is 3.25. The minimum atomic E-state index is -3.58. The molecule has 0 amide bonds. The predicted molar refractivity (Wildman–Crippen MR) is 78.6 cm³/mol. The zero-order valence-electron chi connectivity index (χ0n) is 11.4. The summed E-state index contributed by atoms with van der Waals surface area (Å²) in [7, 11) is -3.58. The third-order valence-corrected chi connectivity index (χ3v) is 4.67.